The van der Waals surface area contributed by atoms with Crippen molar-refractivity contribution in [1.29, 1.82) is 0 Å². The number of hydrogen-bond acceptors (Lipinski definition) is 6. The third-order valence-corrected chi connectivity index (χ3v) is 7.95. The molecule has 5 nitrogen and oxygen atoms in total. The van der Waals surface area contributed by atoms with Crippen LogP contribution in [-0.2, 0) is 0 Å². The summed E-state index contributed by atoms with van der Waals surface area (Å²) in [5.74, 6) is 1.87. The largest absolute Gasteiger partial charge is 0.351 e. The van der Waals surface area contributed by atoms with Gasteiger partial charge in [-0.2, -0.15) is 0 Å². The van der Waals surface area contributed by atoms with Crippen LogP contribution < -0.4 is 5.32 Å². The van der Waals surface area contributed by atoms with Crippen LogP contribution in [0.4, 0.5) is 10.3 Å². The molecule has 3 aromatic rings. The first-order valence-electron chi connectivity index (χ1n) is 11.8. The number of benzene rings is 1. The van der Waals surface area contributed by atoms with E-state index in [4.69, 9.17) is 9.97 Å². The lowest BCUT2D eigenvalue weighted by Gasteiger charge is -2.31. The molecule has 0 bridgehead atoms. The molecule has 6 rings (SSSR count). The summed E-state index contributed by atoms with van der Waals surface area (Å²) >= 11 is 1.75. The summed E-state index contributed by atoms with van der Waals surface area (Å²) in [4.78, 5) is 18.0. The predicted molar refractivity (Wildman–Crippen MR) is 126 cm³/mol. The van der Waals surface area contributed by atoms with E-state index in [9.17, 15) is 4.39 Å². The smallest absolute Gasteiger partial charge is 0.223 e. The number of piperidine rings is 1. The van der Waals surface area contributed by atoms with Gasteiger partial charge in [-0.05, 0) is 87.9 Å². The zero-order valence-corrected chi connectivity index (χ0v) is 19.0. The van der Waals surface area contributed by atoms with E-state index >= 15 is 0 Å². The van der Waals surface area contributed by atoms with Crippen molar-refractivity contribution in [3.8, 4) is 21.8 Å². The summed E-state index contributed by atoms with van der Waals surface area (Å²) in [6.45, 7) is 3.59. The molecule has 0 amide bonds. The summed E-state index contributed by atoms with van der Waals surface area (Å²) in [5, 5.41) is 4.58. The lowest BCUT2D eigenvalue weighted by atomic mass is 9.97. The molecule has 2 saturated carbocycles. The van der Waals surface area contributed by atoms with Gasteiger partial charge in [0, 0.05) is 30.3 Å². The van der Waals surface area contributed by atoms with Crippen LogP contribution in [0.15, 0.2) is 36.5 Å². The zero-order chi connectivity index (χ0) is 21.5. The maximum Gasteiger partial charge on any atom is 0.223 e. The Hall–Kier alpha value is -2.38. The maximum atomic E-state index is 13.6. The van der Waals surface area contributed by atoms with E-state index in [0.29, 0.717) is 17.9 Å². The Morgan fingerprint density at radius 3 is 2.47 bits per heavy atom. The number of hydrogen-bond donors (Lipinski definition) is 1. The molecule has 32 heavy (non-hydrogen) atoms. The maximum absolute atomic E-state index is 13.6. The number of nitrogens with zero attached hydrogens (tertiary/aromatic N) is 4. The summed E-state index contributed by atoms with van der Waals surface area (Å²) in [6.07, 6.45) is 9.30. The van der Waals surface area contributed by atoms with Gasteiger partial charge >= 0.3 is 0 Å². The van der Waals surface area contributed by atoms with Crippen LogP contribution in [0.2, 0.25) is 0 Å². The van der Waals surface area contributed by atoms with Gasteiger partial charge in [-0.25, -0.2) is 19.3 Å². The molecule has 1 N–H and O–H groups in total. The van der Waals surface area contributed by atoms with Crippen LogP contribution in [0.1, 0.15) is 49.5 Å². The molecule has 7 heteroatoms. The Kier molecular flexibility index (Phi) is 5.39. The topological polar surface area (TPSA) is 53.9 Å². The van der Waals surface area contributed by atoms with Gasteiger partial charge in [0.15, 0.2) is 0 Å². The van der Waals surface area contributed by atoms with Crippen molar-refractivity contribution in [3.05, 3.63) is 47.4 Å². The average Bonchev–Trinajstić information content (AvgIpc) is 3.75. The number of halogens is 1. The Balaban J connectivity index is 1.30. The minimum atomic E-state index is -0.230. The van der Waals surface area contributed by atoms with E-state index in [2.05, 4.69) is 15.2 Å². The Labute approximate surface area is 192 Å². The van der Waals surface area contributed by atoms with Crippen molar-refractivity contribution < 1.29 is 4.39 Å². The highest BCUT2D eigenvalue weighted by Crippen LogP contribution is 2.41. The van der Waals surface area contributed by atoms with Crippen LogP contribution in [0, 0.1) is 11.7 Å². The lowest BCUT2D eigenvalue weighted by molar-refractivity contribution is 0.204. The molecule has 0 radical (unpaired) electrons. The number of rotatable bonds is 7. The van der Waals surface area contributed by atoms with Crippen LogP contribution in [-0.4, -0.2) is 45.5 Å². The molecule has 1 saturated heterocycles. The highest BCUT2D eigenvalue weighted by atomic mass is 32.1. The molecule has 2 aliphatic carbocycles. The standard InChI is InChI=1S/C25H28FN5S/c26-19-5-3-17(4-6-19)22-23(21-9-12-27-25(29-21)28-20-7-8-20)32-24(30-22)18-10-13-31(14-11-18)15-16-1-2-16/h3-6,9,12,16,18,20H,1-2,7-8,10-11,13-15H2,(H,27,28,29). The molecule has 166 valence electrons. The fourth-order valence-corrected chi connectivity index (χ4v) is 5.71. The zero-order valence-electron chi connectivity index (χ0n) is 18.1. The normalized spacial score (nSPS) is 19.9. The van der Waals surface area contributed by atoms with Gasteiger partial charge in [-0.1, -0.05) is 0 Å². The van der Waals surface area contributed by atoms with Gasteiger partial charge < -0.3 is 10.2 Å². The molecular formula is C25H28FN5S. The summed E-state index contributed by atoms with van der Waals surface area (Å²) in [7, 11) is 0. The molecule has 0 unspecified atom stereocenters. The van der Waals surface area contributed by atoms with E-state index in [1.165, 1.54) is 49.4 Å². The molecule has 0 spiro atoms. The summed E-state index contributed by atoms with van der Waals surface area (Å²) < 4.78 is 13.6. The van der Waals surface area contributed by atoms with Crippen LogP contribution in [0.5, 0.6) is 0 Å². The van der Waals surface area contributed by atoms with Crippen molar-refractivity contribution in [2.45, 2.75) is 50.5 Å². The van der Waals surface area contributed by atoms with E-state index < -0.39 is 0 Å². The number of thiazole rings is 1. The van der Waals surface area contributed by atoms with E-state index in [1.54, 1.807) is 11.3 Å². The highest BCUT2D eigenvalue weighted by molar-refractivity contribution is 7.15. The Bertz CT molecular complexity index is 1080. The minimum absolute atomic E-state index is 0.230. The molecule has 1 aliphatic heterocycles. The van der Waals surface area contributed by atoms with Crippen LogP contribution in [0.25, 0.3) is 21.8 Å². The highest BCUT2D eigenvalue weighted by Gasteiger charge is 2.30. The average molecular weight is 450 g/mol. The second-order valence-electron chi connectivity index (χ2n) is 9.44. The van der Waals surface area contributed by atoms with E-state index in [1.807, 2.05) is 24.4 Å². The first kappa shape index (κ1) is 20.2. The minimum Gasteiger partial charge on any atom is -0.351 e. The number of aromatic nitrogens is 3. The van der Waals surface area contributed by atoms with Crippen molar-refractivity contribution in [2.75, 3.05) is 25.0 Å². The Morgan fingerprint density at radius 1 is 0.969 bits per heavy atom. The fraction of sp³-hybridized carbons (Fsp3) is 0.480. The molecule has 0 atom stereocenters. The second-order valence-corrected chi connectivity index (χ2v) is 10.5. The first-order valence-corrected chi connectivity index (χ1v) is 12.6. The van der Waals surface area contributed by atoms with Gasteiger partial charge in [-0.15, -0.1) is 11.3 Å². The van der Waals surface area contributed by atoms with E-state index in [-0.39, 0.29) is 5.82 Å². The van der Waals surface area contributed by atoms with Crippen molar-refractivity contribution in [3.63, 3.8) is 0 Å². The van der Waals surface area contributed by atoms with Gasteiger partial charge in [0.05, 0.1) is 21.3 Å². The monoisotopic (exact) mass is 449 g/mol. The predicted octanol–water partition coefficient (Wildman–Crippen LogP) is 5.57. The first-order chi connectivity index (χ1) is 15.7. The number of nitrogens with one attached hydrogen (secondary N) is 1. The lowest BCUT2D eigenvalue weighted by Crippen LogP contribution is -2.34. The van der Waals surface area contributed by atoms with E-state index in [0.717, 1.165) is 53.7 Å². The third-order valence-electron chi connectivity index (χ3n) is 6.71. The molecular weight excluding hydrogens is 421 g/mol. The third kappa shape index (κ3) is 4.55. The van der Waals surface area contributed by atoms with Crippen molar-refractivity contribution in [1.82, 2.24) is 19.9 Å². The second kappa shape index (κ2) is 8.52. The molecule has 3 aliphatic rings. The number of likely N-dealkylation sites (tertiary alicyclic amines) is 1. The molecule has 1 aromatic carbocycles. The van der Waals surface area contributed by atoms with Crippen LogP contribution >= 0.6 is 11.3 Å². The van der Waals surface area contributed by atoms with Crippen LogP contribution in [0.3, 0.4) is 0 Å². The molecule has 2 aromatic heterocycles. The summed E-state index contributed by atoms with van der Waals surface area (Å²) in [6, 6.07) is 9.12. The van der Waals surface area contributed by atoms with Gasteiger partial charge in [0.1, 0.15) is 5.82 Å². The fourth-order valence-electron chi connectivity index (χ4n) is 4.48. The van der Waals surface area contributed by atoms with Crippen molar-refractivity contribution in [2.24, 2.45) is 5.92 Å². The quantitative estimate of drug-likeness (QED) is 0.511. The van der Waals surface area contributed by atoms with Gasteiger partial charge in [0.25, 0.3) is 0 Å². The summed E-state index contributed by atoms with van der Waals surface area (Å²) in [5.41, 5.74) is 2.73. The molecule has 3 fully saturated rings. The van der Waals surface area contributed by atoms with Gasteiger partial charge in [0.2, 0.25) is 5.95 Å². The van der Waals surface area contributed by atoms with Crippen molar-refractivity contribution >= 4 is 17.3 Å². The SMILES string of the molecule is Fc1ccc(-c2nc(C3CCN(CC4CC4)CC3)sc2-c2ccnc(NC3CC3)n2)cc1. The van der Waals surface area contributed by atoms with Gasteiger partial charge in [-0.3, -0.25) is 0 Å². The number of anilines is 1. The molecule has 3 heterocycles. The Morgan fingerprint density at radius 2 is 1.75 bits per heavy atom.